The molecule has 0 radical (unpaired) electrons. The van der Waals surface area contributed by atoms with Gasteiger partial charge in [0.25, 0.3) is 0 Å². The SMILES string of the molecule is CCN(C(=O)CC(=O)Nc1ccccc1C(=O)OC)c1cccc(C)c1. The van der Waals surface area contributed by atoms with Crippen LogP contribution in [0.2, 0.25) is 0 Å². The van der Waals surface area contributed by atoms with E-state index in [0.29, 0.717) is 12.2 Å². The lowest BCUT2D eigenvalue weighted by molar-refractivity contribution is -0.125. The highest BCUT2D eigenvalue weighted by molar-refractivity contribution is 6.10. The zero-order chi connectivity index (χ0) is 19.1. The Morgan fingerprint density at radius 1 is 1.08 bits per heavy atom. The van der Waals surface area contributed by atoms with Gasteiger partial charge < -0.3 is 15.0 Å². The zero-order valence-electron chi connectivity index (χ0n) is 15.1. The number of aryl methyl sites for hydroxylation is 1. The maximum atomic E-state index is 12.5. The van der Waals surface area contributed by atoms with Gasteiger partial charge in [-0.25, -0.2) is 4.79 Å². The van der Waals surface area contributed by atoms with Gasteiger partial charge in [-0.2, -0.15) is 0 Å². The number of anilines is 2. The van der Waals surface area contributed by atoms with Crippen LogP contribution in [0.5, 0.6) is 0 Å². The van der Waals surface area contributed by atoms with E-state index in [1.165, 1.54) is 7.11 Å². The van der Waals surface area contributed by atoms with Crippen LogP contribution in [0, 0.1) is 6.92 Å². The molecule has 0 unspecified atom stereocenters. The summed E-state index contributed by atoms with van der Waals surface area (Å²) in [5, 5.41) is 2.61. The van der Waals surface area contributed by atoms with E-state index >= 15 is 0 Å². The summed E-state index contributed by atoms with van der Waals surface area (Å²) in [6.07, 6.45) is -0.322. The van der Waals surface area contributed by atoms with Crippen molar-refractivity contribution >= 4 is 29.2 Å². The second kappa shape index (κ2) is 8.80. The summed E-state index contributed by atoms with van der Waals surface area (Å²) < 4.78 is 4.70. The van der Waals surface area contributed by atoms with E-state index in [9.17, 15) is 14.4 Å². The summed E-state index contributed by atoms with van der Waals surface area (Å²) in [6.45, 7) is 4.25. The fourth-order valence-corrected chi connectivity index (χ4v) is 2.61. The largest absolute Gasteiger partial charge is 0.465 e. The summed E-state index contributed by atoms with van der Waals surface area (Å²) in [7, 11) is 1.27. The lowest BCUT2D eigenvalue weighted by Crippen LogP contribution is -2.33. The Morgan fingerprint density at radius 3 is 2.46 bits per heavy atom. The smallest absolute Gasteiger partial charge is 0.339 e. The molecule has 2 rings (SSSR count). The van der Waals surface area contributed by atoms with Crippen molar-refractivity contribution in [3.63, 3.8) is 0 Å². The summed E-state index contributed by atoms with van der Waals surface area (Å²) in [6, 6.07) is 14.0. The number of benzene rings is 2. The van der Waals surface area contributed by atoms with Gasteiger partial charge in [-0.05, 0) is 43.7 Å². The van der Waals surface area contributed by atoms with Crippen LogP contribution < -0.4 is 10.2 Å². The van der Waals surface area contributed by atoms with Gasteiger partial charge in [-0.3, -0.25) is 9.59 Å². The minimum absolute atomic E-state index is 0.238. The number of hydrogen-bond donors (Lipinski definition) is 1. The molecular weight excluding hydrogens is 332 g/mol. The first-order chi connectivity index (χ1) is 12.5. The van der Waals surface area contributed by atoms with Crippen LogP contribution in [0.3, 0.4) is 0 Å². The molecule has 0 saturated heterocycles. The predicted octanol–water partition coefficient (Wildman–Crippen LogP) is 3.16. The molecule has 6 nitrogen and oxygen atoms in total. The Labute approximate surface area is 152 Å². The quantitative estimate of drug-likeness (QED) is 0.639. The van der Waals surface area contributed by atoms with Crippen LogP contribution in [0.1, 0.15) is 29.3 Å². The molecule has 0 aliphatic carbocycles. The fourth-order valence-electron chi connectivity index (χ4n) is 2.61. The number of para-hydroxylation sites is 1. The summed E-state index contributed by atoms with van der Waals surface area (Å²) in [5.41, 5.74) is 2.34. The third-order valence-electron chi connectivity index (χ3n) is 3.85. The molecule has 0 bridgehead atoms. The number of rotatable bonds is 6. The molecule has 6 heteroatoms. The molecular formula is C20H22N2O4. The van der Waals surface area contributed by atoms with Crippen LogP contribution in [0.4, 0.5) is 11.4 Å². The van der Waals surface area contributed by atoms with Gasteiger partial charge in [0.1, 0.15) is 6.42 Å². The second-order valence-corrected chi connectivity index (χ2v) is 5.74. The molecule has 1 N–H and O–H groups in total. The van der Waals surface area contributed by atoms with Gasteiger partial charge in [0.2, 0.25) is 11.8 Å². The van der Waals surface area contributed by atoms with Crippen molar-refractivity contribution in [2.75, 3.05) is 23.9 Å². The molecule has 26 heavy (non-hydrogen) atoms. The average molecular weight is 354 g/mol. The Bertz CT molecular complexity index is 817. The number of nitrogens with zero attached hydrogens (tertiary/aromatic N) is 1. The third-order valence-corrected chi connectivity index (χ3v) is 3.85. The molecule has 2 aromatic rings. The van der Waals surface area contributed by atoms with Crippen LogP contribution >= 0.6 is 0 Å². The van der Waals surface area contributed by atoms with Crippen molar-refractivity contribution in [3.05, 3.63) is 59.7 Å². The summed E-state index contributed by atoms with van der Waals surface area (Å²) in [4.78, 5) is 38.1. The first-order valence-corrected chi connectivity index (χ1v) is 8.30. The summed E-state index contributed by atoms with van der Waals surface area (Å²) in [5.74, 6) is -1.36. The number of carbonyl (C=O) groups is 3. The van der Waals surface area contributed by atoms with Crippen molar-refractivity contribution in [1.82, 2.24) is 0 Å². The molecule has 0 aliphatic heterocycles. The van der Waals surface area contributed by atoms with Crippen LogP contribution in [0.25, 0.3) is 0 Å². The Kier molecular flexibility index (Phi) is 6.49. The number of nitrogens with one attached hydrogen (secondary N) is 1. The number of esters is 1. The van der Waals surface area contributed by atoms with Gasteiger partial charge in [-0.15, -0.1) is 0 Å². The first-order valence-electron chi connectivity index (χ1n) is 8.30. The molecule has 0 aromatic heterocycles. The minimum atomic E-state index is -0.554. The highest BCUT2D eigenvalue weighted by Gasteiger charge is 2.19. The van der Waals surface area contributed by atoms with Gasteiger partial charge >= 0.3 is 5.97 Å². The van der Waals surface area contributed by atoms with Gasteiger partial charge in [0, 0.05) is 12.2 Å². The molecule has 0 atom stereocenters. The lowest BCUT2D eigenvalue weighted by Gasteiger charge is -2.21. The van der Waals surface area contributed by atoms with Crippen molar-refractivity contribution in [2.24, 2.45) is 0 Å². The third kappa shape index (κ3) is 4.69. The van der Waals surface area contributed by atoms with E-state index in [-0.39, 0.29) is 17.9 Å². The van der Waals surface area contributed by atoms with Gasteiger partial charge in [-0.1, -0.05) is 24.3 Å². The van der Waals surface area contributed by atoms with Crippen LogP contribution in [-0.2, 0) is 14.3 Å². The molecule has 0 spiro atoms. The second-order valence-electron chi connectivity index (χ2n) is 5.74. The maximum absolute atomic E-state index is 12.5. The van der Waals surface area contributed by atoms with Crippen molar-refractivity contribution in [3.8, 4) is 0 Å². The number of carbonyl (C=O) groups excluding carboxylic acids is 3. The van der Waals surface area contributed by atoms with E-state index in [0.717, 1.165) is 11.3 Å². The molecule has 0 heterocycles. The van der Waals surface area contributed by atoms with Crippen LogP contribution in [0.15, 0.2) is 48.5 Å². The Morgan fingerprint density at radius 2 is 1.81 bits per heavy atom. The van der Waals surface area contributed by atoms with Crippen LogP contribution in [-0.4, -0.2) is 31.4 Å². The number of ether oxygens (including phenoxy) is 1. The lowest BCUT2D eigenvalue weighted by atomic mass is 10.1. The summed E-state index contributed by atoms with van der Waals surface area (Å²) >= 11 is 0. The normalized spacial score (nSPS) is 10.1. The Balaban J connectivity index is 2.10. The van der Waals surface area contributed by atoms with Crippen molar-refractivity contribution < 1.29 is 19.1 Å². The predicted molar refractivity (Wildman–Crippen MR) is 100 cm³/mol. The molecule has 0 saturated carbocycles. The van der Waals surface area contributed by atoms with Crippen molar-refractivity contribution in [2.45, 2.75) is 20.3 Å². The highest BCUT2D eigenvalue weighted by atomic mass is 16.5. The zero-order valence-corrected chi connectivity index (χ0v) is 15.1. The monoisotopic (exact) mass is 354 g/mol. The van der Waals surface area contributed by atoms with Gasteiger partial charge in [0.15, 0.2) is 0 Å². The molecule has 136 valence electrons. The maximum Gasteiger partial charge on any atom is 0.339 e. The Hall–Kier alpha value is -3.15. The number of amides is 2. The molecule has 0 fully saturated rings. The average Bonchev–Trinajstić information content (AvgIpc) is 2.62. The van der Waals surface area contributed by atoms with E-state index in [1.807, 2.05) is 38.1 Å². The van der Waals surface area contributed by atoms with E-state index in [1.54, 1.807) is 29.2 Å². The van der Waals surface area contributed by atoms with E-state index < -0.39 is 11.9 Å². The number of methoxy groups -OCH3 is 1. The number of hydrogen-bond acceptors (Lipinski definition) is 4. The fraction of sp³-hybridized carbons (Fsp3) is 0.250. The highest BCUT2D eigenvalue weighted by Crippen LogP contribution is 2.19. The molecule has 2 aromatic carbocycles. The molecule has 0 aliphatic rings. The van der Waals surface area contributed by atoms with Crippen molar-refractivity contribution in [1.29, 1.82) is 0 Å². The topological polar surface area (TPSA) is 75.7 Å². The molecule has 2 amide bonds. The van der Waals surface area contributed by atoms with E-state index in [4.69, 9.17) is 4.74 Å². The first kappa shape index (κ1) is 19.2. The minimum Gasteiger partial charge on any atom is -0.465 e. The van der Waals surface area contributed by atoms with E-state index in [2.05, 4.69) is 5.32 Å². The van der Waals surface area contributed by atoms with Gasteiger partial charge in [0.05, 0.1) is 18.4 Å². The standard InChI is InChI=1S/C20H22N2O4/c1-4-22(15-9-7-8-14(2)12-15)19(24)13-18(23)21-17-11-6-5-10-16(17)20(25)26-3/h5-12H,4,13H2,1-3H3,(H,21,23).